The molecule has 0 bridgehead atoms. The van der Waals surface area contributed by atoms with Gasteiger partial charge < -0.3 is 10.1 Å². The van der Waals surface area contributed by atoms with Crippen LogP contribution in [0.3, 0.4) is 0 Å². The van der Waals surface area contributed by atoms with E-state index in [1.54, 1.807) is 18.3 Å². The van der Waals surface area contributed by atoms with Crippen LogP contribution in [0.2, 0.25) is 0 Å². The second-order valence-electron chi connectivity index (χ2n) is 4.80. The molecule has 3 rings (SSSR count). The minimum Gasteiger partial charge on any atom is -0.492 e. The van der Waals surface area contributed by atoms with Gasteiger partial charge in [-0.15, -0.1) is 0 Å². The fourth-order valence-electron chi connectivity index (χ4n) is 2.23. The second-order valence-corrected chi connectivity index (χ2v) is 4.80. The fraction of sp³-hybridized carbons (Fsp3) is 0.111. The molecule has 4 heteroatoms. The lowest BCUT2D eigenvalue weighted by molar-refractivity contribution is 0.333. The third kappa shape index (κ3) is 3.15. The molecule has 1 N–H and O–H groups in total. The molecule has 0 amide bonds. The SMILES string of the molecule is N#Cc1cccnc1NCCOc1ccc2ccccc2c1. The monoisotopic (exact) mass is 289 g/mol. The molecule has 108 valence electrons. The predicted octanol–water partition coefficient (Wildman–Crippen LogP) is 3.60. The van der Waals surface area contributed by atoms with Gasteiger partial charge in [-0.05, 0) is 35.0 Å². The molecule has 0 spiro atoms. The van der Waals surface area contributed by atoms with E-state index < -0.39 is 0 Å². The number of anilines is 1. The zero-order valence-electron chi connectivity index (χ0n) is 12.0. The first-order chi connectivity index (χ1) is 10.9. The first kappa shape index (κ1) is 13.9. The average Bonchev–Trinajstić information content (AvgIpc) is 2.59. The number of ether oxygens (including phenoxy) is 1. The molecule has 0 saturated carbocycles. The van der Waals surface area contributed by atoms with E-state index in [0.717, 1.165) is 11.1 Å². The highest BCUT2D eigenvalue weighted by Gasteiger charge is 2.01. The maximum Gasteiger partial charge on any atom is 0.144 e. The standard InChI is InChI=1S/C18H15N3O/c19-13-16-6-3-9-20-18(16)21-10-11-22-17-8-7-14-4-1-2-5-15(14)12-17/h1-9,12H,10-11H2,(H,20,21). The van der Waals surface area contributed by atoms with Gasteiger partial charge >= 0.3 is 0 Å². The number of benzene rings is 2. The second kappa shape index (κ2) is 6.59. The molecule has 0 unspecified atom stereocenters. The molecule has 4 nitrogen and oxygen atoms in total. The molecule has 0 saturated heterocycles. The van der Waals surface area contributed by atoms with Gasteiger partial charge in [0.15, 0.2) is 0 Å². The Morgan fingerprint density at radius 2 is 1.91 bits per heavy atom. The lowest BCUT2D eigenvalue weighted by atomic mass is 10.1. The molecule has 2 aromatic carbocycles. The van der Waals surface area contributed by atoms with Crippen molar-refractivity contribution in [3.05, 3.63) is 66.4 Å². The minimum atomic E-state index is 0.500. The number of hydrogen-bond donors (Lipinski definition) is 1. The summed E-state index contributed by atoms with van der Waals surface area (Å²) in [7, 11) is 0. The smallest absolute Gasteiger partial charge is 0.144 e. The summed E-state index contributed by atoms with van der Waals surface area (Å²) in [4.78, 5) is 4.15. The Bertz CT molecular complexity index is 824. The molecule has 0 fully saturated rings. The van der Waals surface area contributed by atoms with E-state index in [-0.39, 0.29) is 0 Å². The van der Waals surface area contributed by atoms with Crippen molar-refractivity contribution in [1.82, 2.24) is 4.98 Å². The topological polar surface area (TPSA) is 57.9 Å². The van der Waals surface area contributed by atoms with Crippen LogP contribution in [0.5, 0.6) is 5.75 Å². The first-order valence-corrected chi connectivity index (χ1v) is 7.07. The summed E-state index contributed by atoms with van der Waals surface area (Å²) in [5.74, 6) is 1.43. The zero-order chi connectivity index (χ0) is 15.2. The summed E-state index contributed by atoms with van der Waals surface area (Å²) in [5, 5.41) is 14.5. The molecular formula is C18H15N3O. The van der Waals surface area contributed by atoms with Crippen LogP contribution in [0.15, 0.2) is 60.8 Å². The normalized spacial score (nSPS) is 10.1. The molecular weight excluding hydrogens is 274 g/mol. The van der Waals surface area contributed by atoms with Crippen molar-refractivity contribution in [1.29, 1.82) is 5.26 Å². The summed E-state index contributed by atoms with van der Waals surface area (Å²) in [6.07, 6.45) is 1.66. The van der Waals surface area contributed by atoms with Gasteiger partial charge in [-0.2, -0.15) is 5.26 Å². The van der Waals surface area contributed by atoms with Crippen molar-refractivity contribution >= 4 is 16.6 Å². The molecule has 0 atom stereocenters. The Morgan fingerprint density at radius 1 is 1.05 bits per heavy atom. The van der Waals surface area contributed by atoms with E-state index in [9.17, 15) is 0 Å². The van der Waals surface area contributed by atoms with E-state index in [1.165, 1.54) is 5.39 Å². The van der Waals surface area contributed by atoms with Crippen LogP contribution < -0.4 is 10.1 Å². The van der Waals surface area contributed by atoms with Crippen molar-refractivity contribution in [3.8, 4) is 11.8 Å². The van der Waals surface area contributed by atoms with Crippen LogP contribution in [-0.2, 0) is 0 Å². The Hall–Kier alpha value is -3.06. The largest absolute Gasteiger partial charge is 0.492 e. The summed E-state index contributed by atoms with van der Waals surface area (Å²) >= 11 is 0. The van der Waals surface area contributed by atoms with Crippen LogP contribution in [0.25, 0.3) is 10.8 Å². The summed E-state index contributed by atoms with van der Waals surface area (Å²) < 4.78 is 5.74. The van der Waals surface area contributed by atoms with Gasteiger partial charge in [-0.1, -0.05) is 30.3 Å². The maximum atomic E-state index is 8.99. The van der Waals surface area contributed by atoms with E-state index in [2.05, 4.69) is 28.5 Å². The van der Waals surface area contributed by atoms with Crippen molar-refractivity contribution in [2.45, 2.75) is 0 Å². The van der Waals surface area contributed by atoms with Gasteiger partial charge in [0.2, 0.25) is 0 Å². The Labute approximate surface area is 129 Å². The highest BCUT2D eigenvalue weighted by molar-refractivity contribution is 5.83. The van der Waals surface area contributed by atoms with E-state index in [4.69, 9.17) is 10.00 Å². The Morgan fingerprint density at radius 3 is 2.77 bits per heavy atom. The number of pyridine rings is 1. The first-order valence-electron chi connectivity index (χ1n) is 7.07. The van der Waals surface area contributed by atoms with Crippen LogP contribution in [0.1, 0.15) is 5.56 Å². The lowest BCUT2D eigenvalue weighted by Crippen LogP contribution is -2.13. The van der Waals surface area contributed by atoms with Crippen molar-refractivity contribution in [3.63, 3.8) is 0 Å². The van der Waals surface area contributed by atoms with Gasteiger partial charge in [-0.25, -0.2) is 4.98 Å². The fourth-order valence-corrected chi connectivity index (χ4v) is 2.23. The number of nitrogens with one attached hydrogen (secondary N) is 1. The molecule has 0 aliphatic heterocycles. The van der Waals surface area contributed by atoms with E-state index >= 15 is 0 Å². The van der Waals surface area contributed by atoms with Crippen molar-refractivity contribution in [2.75, 3.05) is 18.5 Å². The lowest BCUT2D eigenvalue weighted by Gasteiger charge is -2.09. The van der Waals surface area contributed by atoms with Crippen LogP contribution in [0, 0.1) is 11.3 Å². The number of nitrogens with zero attached hydrogens (tertiary/aromatic N) is 2. The highest BCUT2D eigenvalue weighted by atomic mass is 16.5. The summed E-state index contributed by atoms with van der Waals surface area (Å²) in [5.41, 5.74) is 0.535. The quantitative estimate of drug-likeness (QED) is 0.729. The van der Waals surface area contributed by atoms with Gasteiger partial charge in [-0.3, -0.25) is 0 Å². The molecule has 22 heavy (non-hydrogen) atoms. The third-order valence-electron chi connectivity index (χ3n) is 3.31. The van der Waals surface area contributed by atoms with E-state index in [1.807, 2.05) is 30.3 Å². The summed E-state index contributed by atoms with van der Waals surface area (Å²) in [6, 6.07) is 19.8. The number of nitriles is 1. The Kier molecular flexibility index (Phi) is 4.17. The molecule has 3 aromatic rings. The van der Waals surface area contributed by atoms with Gasteiger partial charge in [0.1, 0.15) is 24.2 Å². The highest BCUT2D eigenvalue weighted by Crippen LogP contribution is 2.20. The molecule has 0 aliphatic rings. The molecule has 0 aliphatic carbocycles. The average molecular weight is 289 g/mol. The van der Waals surface area contributed by atoms with E-state index in [0.29, 0.717) is 24.5 Å². The van der Waals surface area contributed by atoms with Crippen LogP contribution in [-0.4, -0.2) is 18.1 Å². The van der Waals surface area contributed by atoms with Crippen molar-refractivity contribution < 1.29 is 4.74 Å². The molecule has 1 heterocycles. The summed E-state index contributed by atoms with van der Waals surface area (Å²) in [6.45, 7) is 1.08. The number of rotatable bonds is 5. The van der Waals surface area contributed by atoms with Crippen LogP contribution >= 0.6 is 0 Å². The van der Waals surface area contributed by atoms with Gasteiger partial charge in [0.25, 0.3) is 0 Å². The van der Waals surface area contributed by atoms with Crippen molar-refractivity contribution in [2.24, 2.45) is 0 Å². The molecule has 0 radical (unpaired) electrons. The van der Waals surface area contributed by atoms with Gasteiger partial charge in [0, 0.05) is 6.20 Å². The number of hydrogen-bond acceptors (Lipinski definition) is 4. The Balaban J connectivity index is 1.57. The maximum absolute atomic E-state index is 8.99. The number of aromatic nitrogens is 1. The third-order valence-corrected chi connectivity index (χ3v) is 3.31. The minimum absolute atomic E-state index is 0.500. The number of fused-ring (bicyclic) bond motifs is 1. The van der Waals surface area contributed by atoms with Crippen LogP contribution in [0.4, 0.5) is 5.82 Å². The molecule has 1 aromatic heterocycles. The van der Waals surface area contributed by atoms with Gasteiger partial charge in [0.05, 0.1) is 12.1 Å². The predicted molar refractivity (Wildman–Crippen MR) is 86.9 cm³/mol. The zero-order valence-corrected chi connectivity index (χ0v) is 12.0.